The zero-order valence-corrected chi connectivity index (χ0v) is 23.4. The minimum Gasteiger partial charge on any atom is -0.493 e. The number of hydrogen-bond acceptors (Lipinski definition) is 7. The van der Waals surface area contributed by atoms with E-state index in [2.05, 4.69) is 17.1 Å². The Morgan fingerprint density at radius 1 is 0.805 bits per heavy atom. The topological polar surface area (TPSA) is 89.0 Å². The first-order valence-electron chi connectivity index (χ1n) is 12.8. The number of ether oxygens (including phenoxy) is 3. The average molecular weight is 563 g/mol. The van der Waals surface area contributed by atoms with Gasteiger partial charge in [-0.3, -0.25) is 4.79 Å². The fourth-order valence-electron chi connectivity index (χ4n) is 4.61. The fourth-order valence-corrected chi connectivity index (χ4v) is 5.48. The third-order valence-electron chi connectivity index (χ3n) is 6.51. The molecule has 5 aromatic rings. The second kappa shape index (κ2) is 11.2. The molecular formula is C32H26N4O4S. The predicted octanol–water partition coefficient (Wildman–Crippen LogP) is 6.57. The van der Waals surface area contributed by atoms with E-state index >= 15 is 0 Å². The Morgan fingerprint density at radius 3 is 2.15 bits per heavy atom. The Balaban J connectivity index is 1.40. The Labute approximate surface area is 241 Å². The maximum Gasteiger partial charge on any atom is 0.285 e. The number of nitrogens with zero attached hydrogens (tertiary/aromatic N) is 3. The van der Waals surface area contributed by atoms with Gasteiger partial charge in [-0.2, -0.15) is 0 Å². The van der Waals surface area contributed by atoms with Gasteiger partial charge in [-0.1, -0.05) is 60.3 Å². The number of H-pyrrole nitrogens is 1. The van der Waals surface area contributed by atoms with Gasteiger partial charge in [-0.25, -0.2) is 14.9 Å². The Kier molecular flexibility index (Phi) is 7.18. The van der Waals surface area contributed by atoms with Gasteiger partial charge in [-0.05, 0) is 54.1 Å². The second-order valence-corrected chi connectivity index (χ2v) is 10.2. The molecule has 1 aromatic heterocycles. The zero-order chi connectivity index (χ0) is 28.3. The van der Waals surface area contributed by atoms with E-state index in [1.165, 1.54) is 4.90 Å². The summed E-state index contributed by atoms with van der Waals surface area (Å²) in [6, 6.07) is 29.3. The molecule has 204 valence electrons. The first-order chi connectivity index (χ1) is 20.1. The van der Waals surface area contributed by atoms with Crippen molar-refractivity contribution in [2.24, 2.45) is 4.99 Å². The van der Waals surface area contributed by atoms with Crippen molar-refractivity contribution in [1.82, 2.24) is 9.97 Å². The van der Waals surface area contributed by atoms with E-state index in [1.54, 1.807) is 51.3 Å². The zero-order valence-electron chi connectivity index (χ0n) is 22.6. The highest BCUT2D eigenvalue weighted by Crippen LogP contribution is 2.39. The molecule has 0 radical (unpaired) electrons. The van der Waals surface area contributed by atoms with Gasteiger partial charge in [0.2, 0.25) is 11.7 Å². The van der Waals surface area contributed by atoms with Crippen LogP contribution in [0.4, 0.5) is 5.95 Å². The van der Waals surface area contributed by atoms with Crippen LogP contribution < -0.4 is 19.1 Å². The van der Waals surface area contributed by atoms with Gasteiger partial charge in [0.15, 0.2) is 17.3 Å². The molecule has 0 spiro atoms. The van der Waals surface area contributed by atoms with Crippen LogP contribution in [-0.2, 0) is 4.79 Å². The summed E-state index contributed by atoms with van der Waals surface area (Å²) in [7, 11) is 4.64. The third kappa shape index (κ3) is 5.15. The summed E-state index contributed by atoms with van der Waals surface area (Å²) in [4.78, 5) is 30.5. The molecule has 0 aliphatic carbocycles. The van der Waals surface area contributed by atoms with Gasteiger partial charge < -0.3 is 19.2 Å². The van der Waals surface area contributed by atoms with Gasteiger partial charge in [0.05, 0.1) is 32.4 Å². The number of benzene rings is 4. The van der Waals surface area contributed by atoms with Crippen molar-refractivity contribution in [3.63, 3.8) is 0 Å². The normalized spacial score (nSPS) is 14.0. The monoisotopic (exact) mass is 562 g/mol. The van der Waals surface area contributed by atoms with Crippen molar-refractivity contribution in [3.8, 4) is 17.2 Å². The number of aromatic nitrogens is 2. The molecule has 0 unspecified atom stereocenters. The molecule has 6 rings (SSSR count). The quantitative estimate of drug-likeness (QED) is 0.215. The maximum absolute atomic E-state index is 13.9. The number of imidazole rings is 1. The summed E-state index contributed by atoms with van der Waals surface area (Å²) in [5.74, 6) is 1.99. The number of aliphatic imine (C=N–C) groups is 1. The molecule has 9 heteroatoms. The van der Waals surface area contributed by atoms with Crippen LogP contribution in [0.1, 0.15) is 11.1 Å². The van der Waals surface area contributed by atoms with Crippen LogP contribution in [-0.4, -0.2) is 43.0 Å². The number of rotatable bonds is 8. The van der Waals surface area contributed by atoms with E-state index in [0.29, 0.717) is 34.6 Å². The van der Waals surface area contributed by atoms with E-state index in [1.807, 2.05) is 66.7 Å². The lowest BCUT2D eigenvalue weighted by molar-refractivity contribution is -0.113. The number of amidine groups is 1. The molecule has 0 saturated heterocycles. The summed E-state index contributed by atoms with van der Waals surface area (Å²) in [6.07, 6.45) is 1.70. The Bertz CT molecular complexity index is 1770. The number of fused-ring (bicyclic) bond motifs is 1. The van der Waals surface area contributed by atoms with Crippen LogP contribution in [0.3, 0.4) is 0 Å². The molecule has 1 amide bonds. The molecule has 2 heterocycles. The van der Waals surface area contributed by atoms with E-state index in [-0.39, 0.29) is 11.6 Å². The summed E-state index contributed by atoms with van der Waals surface area (Å²) in [6.45, 7) is 0. The molecular weight excluding hydrogens is 536 g/mol. The standard InChI is InChI=1S/C32H26N4O4S/c1-38-27-17-20(18-28(39-2)29(27)40-3)16-26-31(37)36(30(33-26)21-10-6-4-7-11-21)32-34-24-15-14-23(19-25(24)35-32)41-22-12-8-5-9-13-22/h4-19H,1-3H3,(H,34,35)/b26-16+. The lowest BCUT2D eigenvalue weighted by Gasteiger charge is -2.15. The highest BCUT2D eigenvalue weighted by Gasteiger charge is 2.34. The van der Waals surface area contributed by atoms with Crippen molar-refractivity contribution < 1.29 is 19.0 Å². The highest BCUT2D eigenvalue weighted by atomic mass is 32.2. The van der Waals surface area contributed by atoms with Gasteiger partial charge in [0.1, 0.15) is 5.70 Å². The minimum atomic E-state index is -0.310. The van der Waals surface area contributed by atoms with Gasteiger partial charge in [0.25, 0.3) is 5.91 Å². The lowest BCUT2D eigenvalue weighted by atomic mass is 10.1. The molecule has 4 aromatic carbocycles. The van der Waals surface area contributed by atoms with Gasteiger partial charge >= 0.3 is 0 Å². The molecule has 8 nitrogen and oxygen atoms in total. The third-order valence-corrected chi connectivity index (χ3v) is 7.51. The summed E-state index contributed by atoms with van der Waals surface area (Å²) in [5, 5.41) is 0. The molecule has 0 fully saturated rings. The summed E-state index contributed by atoms with van der Waals surface area (Å²) < 4.78 is 16.4. The van der Waals surface area contributed by atoms with Crippen molar-refractivity contribution in [2.45, 2.75) is 9.79 Å². The van der Waals surface area contributed by atoms with E-state index in [4.69, 9.17) is 24.2 Å². The summed E-state index contributed by atoms with van der Waals surface area (Å²) >= 11 is 1.66. The number of hydrogen-bond donors (Lipinski definition) is 1. The highest BCUT2D eigenvalue weighted by molar-refractivity contribution is 7.99. The van der Waals surface area contributed by atoms with Gasteiger partial charge in [-0.15, -0.1) is 0 Å². The molecule has 1 N–H and O–H groups in total. The maximum atomic E-state index is 13.9. The van der Waals surface area contributed by atoms with Crippen LogP contribution in [0.2, 0.25) is 0 Å². The first-order valence-corrected chi connectivity index (χ1v) is 13.6. The van der Waals surface area contributed by atoms with Crippen LogP contribution >= 0.6 is 11.8 Å². The minimum absolute atomic E-state index is 0.249. The number of nitrogens with one attached hydrogen (secondary N) is 1. The number of amides is 1. The van der Waals surface area contributed by atoms with E-state index < -0.39 is 0 Å². The first kappa shape index (κ1) is 26.2. The van der Waals surface area contributed by atoms with Crippen LogP contribution in [0, 0.1) is 0 Å². The van der Waals surface area contributed by atoms with E-state index in [0.717, 1.165) is 26.4 Å². The number of carbonyl (C=O) groups excluding carboxylic acids is 1. The predicted molar refractivity (Wildman–Crippen MR) is 161 cm³/mol. The summed E-state index contributed by atoms with van der Waals surface area (Å²) in [5.41, 5.74) is 3.28. The Hall–Kier alpha value is -5.02. The number of anilines is 1. The smallest absolute Gasteiger partial charge is 0.285 e. The number of methoxy groups -OCH3 is 3. The van der Waals surface area contributed by atoms with Crippen LogP contribution in [0.15, 0.2) is 111 Å². The van der Waals surface area contributed by atoms with Crippen LogP contribution in [0.5, 0.6) is 17.2 Å². The second-order valence-electron chi connectivity index (χ2n) is 9.08. The van der Waals surface area contributed by atoms with E-state index in [9.17, 15) is 4.79 Å². The molecule has 0 saturated carbocycles. The van der Waals surface area contributed by atoms with Gasteiger partial charge in [0, 0.05) is 15.4 Å². The van der Waals surface area contributed by atoms with Crippen LogP contribution in [0.25, 0.3) is 17.1 Å². The van der Waals surface area contributed by atoms with Crippen molar-refractivity contribution in [3.05, 3.63) is 108 Å². The average Bonchev–Trinajstić information content (AvgIpc) is 3.57. The molecule has 41 heavy (non-hydrogen) atoms. The largest absolute Gasteiger partial charge is 0.493 e. The number of aromatic amines is 1. The molecule has 0 bridgehead atoms. The fraction of sp³-hybridized carbons (Fsp3) is 0.0938. The Morgan fingerprint density at radius 2 is 1.49 bits per heavy atom. The molecule has 1 aliphatic rings. The van der Waals surface area contributed by atoms with Crippen molar-refractivity contribution >= 4 is 46.6 Å². The SMILES string of the molecule is COc1cc(/C=C2/N=C(c3ccccc3)N(c3nc4ccc(Sc5ccccc5)cc4[nH]3)C2=O)cc(OC)c1OC. The lowest BCUT2D eigenvalue weighted by Crippen LogP contribution is -2.33. The van der Waals surface area contributed by atoms with Crippen molar-refractivity contribution in [2.75, 3.05) is 26.2 Å². The number of carbonyl (C=O) groups is 1. The molecule has 1 aliphatic heterocycles. The molecule has 0 atom stereocenters. The van der Waals surface area contributed by atoms with Crippen molar-refractivity contribution in [1.29, 1.82) is 0 Å².